The summed E-state index contributed by atoms with van der Waals surface area (Å²) >= 11 is 0. The van der Waals surface area contributed by atoms with Crippen molar-refractivity contribution in [2.45, 2.75) is 25.9 Å². The average Bonchev–Trinajstić information content (AvgIpc) is 2.56. The summed E-state index contributed by atoms with van der Waals surface area (Å²) in [5.41, 5.74) is -0.111. The van der Waals surface area contributed by atoms with E-state index < -0.39 is 23.3 Å². The highest BCUT2D eigenvalue weighted by Crippen LogP contribution is 2.30. The van der Waals surface area contributed by atoms with Gasteiger partial charge in [0.15, 0.2) is 5.60 Å². The van der Waals surface area contributed by atoms with E-state index in [-0.39, 0.29) is 12.0 Å². The topological polar surface area (TPSA) is 64.6 Å². The molecule has 25 heavy (non-hydrogen) atoms. The Morgan fingerprint density at radius 2 is 2.00 bits per heavy atom. The van der Waals surface area contributed by atoms with Crippen LogP contribution in [0.25, 0.3) is 0 Å². The van der Waals surface area contributed by atoms with E-state index in [2.05, 4.69) is 5.32 Å². The minimum Gasteiger partial charge on any atom is -0.494 e. The summed E-state index contributed by atoms with van der Waals surface area (Å²) in [7, 11) is 0. The summed E-state index contributed by atoms with van der Waals surface area (Å²) in [5, 5.41) is 2.72. The molecule has 6 heteroatoms. The third-order valence-corrected chi connectivity index (χ3v) is 4.04. The molecule has 1 unspecified atom stereocenters. The van der Waals surface area contributed by atoms with Crippen molar-refractivity contribution < 1.29 is 23.5 Å². The molecule has 0 spiro atoms. The summed E-state index contributed by atoms with van der Waals surface area (Å²) in [5.74, 6) is -0.867. The fourth-order valence-corrected chi connectivity index (χ4v) is 2.76. The SMILES string of the molecule is CCOc1ccc(NC(=O)C2(C)Cc3cc(F)ccc3C(=O)O2)cc1. The minimum atomic E-state index is -1.41. The molecular weight excluding hydrogens is 325 g/mol. The van der Waals surface area contributed by atoms with Crippen LogP contribution in [0.1, 0.15) is 29.8 Å². The molecule has 0 saturated carbocycles. The van der Waals surface area contributed by atoms with E-state index in [0.29, 0.717) is 23.6 Å². The van der Waals surface area contributed by atoms with E-state index in [9.17, 15) is 14.0 Å². The van der Waals surface area contributed by atoms with Crippen LogP contribution in [0.4, 0.5) is 10.1 Å². The van der Waals surface area contributed by atoms with Crippen LogP contribution in [-0.2, 0) is 16.0 Å². The number of hydrogen-bond acceptors (Lipinski definition) is 4. The molecule has 1 heterocycles. The Hall–Kier alpha value is -2.89. The lowest BCUT2D eigenvalue weighted by Crippen LogP contribution is -2.48. The molecular formula is C19H18FNO4. The van der Waals surface area contributed by atoms with Crippen LogP contribution in [0.5, 0.6) is 5.75 Å². The first-order chi connectivity index (χ1) is 11.9. The van der Waals surface area contributed by atoms with Gasteiger partial charge in [0.05, 0.1) is 12.2 Å². The third kappa shape index (κ3) is 3.47. The van der Waals surface area contributed by atoms with E-state index in [4.69, 9.17) is 9.47 Å². The van der Waals surface area contributed by atoms with Crippen LogP contribution in [0.15, 0.2) is 42.5 Å². The number of rotatable bonds is 4. The lowest BCUT2D eigenvalue weighted by Gasteiger charge is -2.33. The van der Waals surface area contributed by atoms with Crippen LogP contribution < -0.4 is 10.1 Å². The maximum atomic E-state index is 13.5. The van der Waals surface area contributed by atoms with Gasteiger partial charge in [-0.15, -0.1) is 0 Å². The number of cyclic esters (lactones) is 1. The van der Waals surface area contributed by atoms with Gasteiger partial charge in [0.2, 0.25) is 0 Å². The van der Waals surface area contributed by atoms with E-state index in [1.165, 1.54) is 25.1 Å². The Kier molecular flexibility index (Phi) is 4.44. The highest BCUT2D eigenvalue weighted by molar-refractivity contribution is 6.02. The molecule has 3 rings (SSSR count). The zero-order chi connectivity index (χ0) is 18.0. The minimum absolute atomic E-state index is 0.106. The van der Waals surface area contributed by atoms with Crippen molar-refractivity contribution in [3.8, 4) is 5.75 Å². The molecule has 1 aliphatic rings. The average molecular weight is 343 g/mol. The van der Waals surface area contributed by atoms with Gasteiger partial charge in [-0.3, -0.25) is 4.79 Å². The van der Waals surface area contributed by atoms with Gasteiger partial charge in [0.1, 0.15) is 11.6 Å². The number of hydrogen-bond donors (Lipinski definition) is 1. The van der Waals surface area contributed by atoms with Gasteiger partial charge >= 0.3 is 5.97 Å². The number of esters is 1. The molecule has 1 atom stereocenters. The first kappa shape index (κ1) is 17.0. The summed E-state index contributed by atoms with van der Waals surface area (Å²) in [6, 6.07) is 10.7. The maximum absolute atomic E-state index is 13.5. The van der Waals surface area contributed by atoms with Gasteiger partial charge in [-0.25, -0.2) is 9.18 Å². The number of carbonyl (C=O) groups is 2. The predicted molar refractivity (Wildman–Crippen MR) is 90.2 cm³/mol. The van der Waals surface area contributed by atoms with Crippen LogP contribution in [0.2, 0.25) is 0 Å². The summed E-state index contributed by atoms with van der Waals surface area (Å²) in [6.45, 7) is 3.95. The predicted octanol–water partition coefficient (Wildman–Crippen LogP) is 3.33. The summed E-state index contributed by atoms with van der Waals surface area (Å²) < 4.78 is 24.1. The number of benzene rings is 2. The number of anilines is 1. The van der Waals surface area contributed by atoms with Crippen LogP contribution in [-0.4, -0.2) is 24.1 Å². The lowest BCUT2D eigenvalue weighted by atomic mass is 9.89. The van der Waals surface area contributed by atoms with Crippen molar-refractivity contribution in [3.05, 3.63) is 59.4 Å². The van der Waals surface area contributed by atoms with E-state index in [1.54, 1.807) is 24.3 Å². The second-order valence-electron chi connectivity index (χ2n) is 6.01. The van der Waals surface area contributed by atoms with E-state index >= 15 is 0 Å². The molecule has 130 valence electrons. The largest absolute Gasteiger partial charge is 0.494 e. The standard InChI is InChI=1S/C19H18FNO4/c1-3-24-15-7-5-14(6-8-15)21-18(23)19(2)11-12-10-13(20)4-9-16(12)17(22)25-19/h4-10H,3,11H2,1-2H3,(H,21,23). The summed E-state index contributed by atoms with van der Waals surface area (Å²) in [6.07, 6.45) is 0.106. The third-order valence-electron chi connectivity index (χ3n) is 4.04. The fraction of sp³-hybridized carbons (Fsp3) is 0.263. The Labute approximate surface area is 144 Å². The number of carbonyl (C=O) groups excluding carboxylic acids is 2. The summed E-state index contributed by atoms with van der Waals surface area (Å²) in [4.78, 5) is 24.8. The van der Waals surface area contributed by atoms with Gasteiger partial charge in [0, 0.05) is 12.1 Å². The molecule has 1 aliphatic heterocycles. The van der Waals surface area contributed by atoms with Gasteiger partial charge in [-0.1, -0.05) is 0 Å². The van der Waals surface area contributed by atoms with Crippen molar-refractivity contribution in [2.75, 3.05) is 11.9 Å². The Balaban J connectivity index is 1.78. The molecule has 2 aromatic rings. The number of amides is 1. The molecule has 1 N–H and O–H groups in total. The zero-order valence-corrected chi connectivity index (χ0v) is 14.0. The number of halogens is 1. The highest BCUT2D eigenvalue weighted by atomic mass is 19.1. The molecule has 0 radical (unpaired) electrons. The quantitative estimate of drug-likeness (QED) is 0.865. The molecule has 0 fully saturated rings. The van der Waals surface area contributed by atoms with Crippen molar-refractivity contribution >= 4 is 17.6 Å². The Morgan fingerprint density at radius 1 is 1.28 bits per heavy atom. The van der Waals surface area contributed by atoms with Gasteiger partial charge < -0.3 is 14.8 Å². The van der Waals surface area contributed by atoms with Gasteiger partial charge in [-0.2, -0.15) is 0 Å². The first-order valence-electron chi connectivity index (χ1n) is 7.97. The first-order valence-corrected chi connectivity index (χ1v) is 7.97. The number of fused-ring (bicyclic) bond motifs is 1. The van der Waals surface area contributed by atoms with Crippen molar-refractivity contribution in [3.63, 3.8) is 0 Å². The van der Waals surface area contributed by atoms with Crippen molar-refractivity contribution in [1.82, 2.24) is 0 Å². The van der Waals surface area contributed by atoms with E-state index in [0.717, 1.165) is 0 Å². The molecule has 0 aromatic heterocycles. The van der Waals surface area contributed by atoms with Crippen molar-refractivity contribution in [1.29, 1.82) is 0 Å². The normalized spacial score (nSPS) is 18.9. The maximum Gasteiger partial charge on any atom is 0.339 e. The highest BCUT2D eigenvalue weighted by Gasteiger charge is 2.42. The van der Waals surface area contributed by atoms with Crippen LogP contribution in [0.3, 0.4) is 0 Å². The molecule has 5 nitrogen and oxygen atoms in total. The van der Waals surface area contributed by atoms with Gasteiger partial charge in [0.25, 0.3) is 5.91 Å². The van der Waals surface area contributed by atoms with Crippen molar-refractivity contribution in [2.24, 2.45) is 0 Å². The Morgan fingerprint density at radius 3 is 2.68 bits per heavy atom. The molecule has 0 bridgehead atoms. The van der Waals surface area contributed by atoms with Crippen LogP contribution >= 0.6 is 0 Å². The molecule has 1 amide bonds. The number of ether oxygens (including phenoxy) is 2. The molecule has 2 aromatic carbocycles. The second kappa shape index (κ2) is 6.55. The Bertz CT molecular complexity index is 819. The molecule has 0 aliphatic carbocycles. The second-order valence-corrected chi connectivity index (χ2v) is 6.01. The monoisotopic (exact) mass is 343 g/mol. The molecule has 0 saturated heterocycles. The van der Waals surface area contributed by atoms with Crippen LogP contribution in [0, 0.1) is 5.82 Å². The fourth-order valence-electron chi connectivity index (χ4n) is 2.76. The van der Waals surface area contributed by atoms with Gasteiger partial charge in [-0.05, 0) is 61.9 Å². The smallest absolute Gasteiger partial charge is 0.339 e. The zero-order valence-electron chi connectivity index (χ0n) is 14.0. The number of nitrogens with one attached hydrogen (secondary N) is 1. The lowest BCUT2D eigenvalue weighted by molar-refractivity contribution is -0.134. The van der Waals surface area contributed by atoms with E-state index in [1.807, 2.05) is 6.92 Å².